The van der Waals surface area contributed by atoms with E-state index in [0.29, 0.717) is 5.57 Å². The molecule has 0 aromatic heterocycles. The summed E-state index contributed by atoms with van der Waals surface area (Å²) in [6.45, 7) is 3.59. The van der Waals surface area contributed by atoms with Crippen LogP contribution in [0.3, 0.4) is 0 Å². The van der Waals surface area contributed by atoms with E-state index in [1.54, 1.807) is 0 Å². The maximum atomic E-state index is 10.3. The van der Waals surface area contributed by atoms with E-state index in [1.807, 2.05) is 6.08 Å². The molecule has 0 unspecified atom stereocenters. The van der Waals surface area contributed by atoms with Gasteiger partial charge in [0.15, 0.2) is 0 Å². The van der Waals surface area contributed by atoms with Crippen LogP contribution in [0.15, 0.2) is 24.5 Å². The van der Waals surface area contributed by atoms with Crippen molar-refractivity contribution >= 4 is 6.29 Å². The second-order valence-electron chi connectivity index (χ2n) is 2.23. The van der Waals surface area contributed by atoms with Crippen molar-refractivity contribution in [3.05, 3.63) is 24.5 Å². The maximum Gasteiger partial charge on any atom is 0.149 e. The second kappa shape index (κ2) is 7.06. The molecule has 0 atom stereocenters. The summed E-state index contributed by atoms with van der Waals surface area (Å²) in [5.74, 6) is 0. The summed E-state index contributed by atoms with van der Waals surface area (Å²) in [6.07, 6.45) is 6.81. The molecule has 11 heavy (non-hydrogen) atoms. The molecule has 0 saturated heterocycles. The van der Waals surface area contributed by atoms with E-state index in [-0.39, 0.29) is 0 Å². The molecule has 62 valence electrons. The summed E-state index contributed by atoms with van der Waals surface area (Å²) in [7, 11) is 1.54. The van der Waals surface area contributed by atoms with E-state index in [4.69, 9.17) is 4.74 Å². The average molecular weight is 154 g/mol. The number of carbonyl (C=O) groups excluding carboxylic acids is 1. The summed E-state index contributed by atoms with van der Waals surface area (Å²) in [6, 6.07) is 0. The van der Waals surface area contributed by atoms with Crippen molar-refractivity contribution in [3.8, 4) is 0 Å². The lowest BCUT2D eigenvalue weighted by Gasteiger charge is -1.96. The molecule has 2 nitrogen and oxygen atoms in total. The predicted octanol–water partition coefficient (Wildman–Crippen LogP) is 2.07. The number of hydrogen-bond donors (Lipinski definition) is 0. The van der Waals surface area contributed by atoms with Gasteiger partial charge in [-0.05, 0) is 19.3 Å². The molecule has 0 N–H and O–H groups in total. The van der Waals surface area contributed by atoms with E-state index >= 15 is 0 Å². The molecule has 0 spiro atoms. The first-order chi connectivity index (χ1) is 5.35. The van der Waals surface area contributed by atoms with E-state index in [1.165, 1.54) is 13.4 Å². The highest BCUT2D eigenvalue weighted by Gasteiger charge is 1.93. The van der Waals surface area contributed by atoms with Crippen LogP contribution in [0.25, 0.3) is 0 Å². The Morgan fingerprint density at radius 3 is 2.82 bits per heavy atom. The Kier molecular flexibility index (Phi) is 6.39. The molecule has 0 aromatic rings. The smallest absolute Gasteiger partial charge is 0.149 e. The molecule has 0 heterocycles. The van der Waals surface area contributed by atoms with Crippen molar-refractivity contribution in [2.45, 2.75) is 19.3 Å². The second-order valence-corrected chi connectivity index (χ2v) is 2.23. The monoisotopic (exact) mass is 154 g/mol. The lowest BCUT2D eigenvalue weighted by molar-refractivity contribution is -0.105. The molecule has 0 aliphatic heterocycles. The van der Waals surface area contributed by atoms with Crippen molar-refractivity contribution in [2.75, 3.05) is 7.11 Å². The highest BCUT2D eigenvalue weighted by atomic mass is 16.5. The number of allylic oxidation sites excluding steroid dienone is 2. The molecule has 2 heteroatoms. The van der Waals surface area contributed by atoms with Crippen LogP contribution in [0.5, 0.6) is 0 Å². The Balaban J connectivity index is 3.60. The highest BCUT2D eigenvalue weighted by molar-refractivity contribution is 5.72. The van der Waals surface area contributed by atoms with E-state index in [9.17, 15) is 4.79 Å². The lowest BCUT2D eigenvalue weighted by atomic mass is 10.1. The summed E-state index contributed by atoms with van der Waals surface area (Å²) < 4.78 is 4.71. The third-order valence-electron chi connectivity index (χ3n) is 1.29. The molecule has 0 aliphatic rings. The predicted molar refractivity (Wildman–Crippen MR) is 45.2 cm³/mol. The summed E-state index contributed by atoms with van der Waals surface area (Å²) in [5, 5.41) is 0. The first-order valence-electron chi connectivity index (χ1n) is 3.63. The zero-order valence-electron chi connectivity index (χ0n) is 6.88. The van der Waals surface area contributed by atoms with Crippen LogP contribution in [0, 0.1) is 0 Å². The Bertz CT molecular complexity index is 148. The molecule has 0 bridgehead atoms. The van der Waals surface area contributed by atoms with Gasteiger partial charge in [0, 0.05) is 5.57 Å². The zero-order valence-corrected chi connectivity index (χ0v) is 6.88. The van der Waals surface area contributed by atoms with Gasteiger partial charge >= 0.3 is 0 Å². The van der Waals surface area contributed by atoms with Crippen LogP contribution in [-0.4, -0.2) is 13.4 Å². The highest BCUT2D eigenvalue weighted by Crippen LogP contribution is 2.04. The molecule has 0 radical (unpaired) electrons. The van der Waals surface area contributed by atoms with Crippen molar-refractivity contribution in [1.29, 1.82) is 0 Å². The van der Waals surface area contributed by atoms with Gasteiger partial charge in [0.05, 0.1) is 13.4 Å². The fourth-order valence-corrected chi connectivity index (χ4v) is 0.748. The number of unbranched alkanes of at least 4 members (excludes halogenated alkanes) is 1. The number of methoxy groups -OCH3 is 1. The van der Waals surface area contributed by atoms with Gasteiger partial charge in [-0.3, -0.25) is 4.79 Å². The Morgan fingerprint density at radius 1 is 1.64 bits per heavy atom. The van der Waals surface area contributed by atoms with Gasteiger partial charge in [0.25, 0.3) is 0 Å². The van der Waals surface area contributed by atoms with Crippen LogP contribution in [-0.2, 0) is 9.53 Å². The Morgan fingerprint density at radius 2 is 2.36 bits per heavy atom. The van der Waals surface area contributed by atoms with Crippen molar-refractivity contribution < 1.29 is 9.53 Å². The van der Waals surface area contributed by atoms with Crippen molar-refractivity contribution in [3.63, 3.8) is 0 Å². The molecule has 0 amide bonds. The molecular weight excluding hydrogens is 140 g/mol. The lowest BCUT2D eigenvalue weighted by Crippen LogP contribution is -1.86. The quantitative estimate of drug-likeness (QED) is 0.192. The molecule has 0 saturated carbocycles. The summed E-state index contributed by atoms with van der Waals surface area (Å²) in [4.78, 5) is 10.3. The van der Waals surface area contributed by atoms with E-state index < -0.39 is 0 Å². The first kappa shape index (κ1) is 9.95. The molecule has 0 aliphatic carbocycles. The largest absolute Gasteiger partial charge is 0.504 e. The Labute approximate surface area is 67.6 Å². The van der Waals surface area contributed by atoms with Gasteiger partial charge in [-0.15, -0.1) is 6.58 Å². The van der Waals surface area contributed by atoms with E-state index in [2.05, 4.69) is 6.58 Å². The Hall–Kier alpha value is -1.05. The molecule has 0 aromatic carbocycles. The van der Waals surface area contributed by atoms with E-state index in [0.717, 1.165) is 25.5 Å². The fourth-order valence-electron chi connectivity index (χ4n) is 0.748. The fraction of sp³-hybridized carbons (Fsp3) is 0.444. The average Bonchev–Trinajstić information content (AvgIpc) is 2.03. The van der Waals surface area contributed by atoms with Gasteiger partial charge < -0.3 is 4.74 Å². The minimum absolute atomic E-state index is 0.703. The number of rotatable bonds is 6. The molecule has 0 fully saturated rings. The number of ether oxygens (including phenoxy) is 1. The minimum atomic E-state index is 0.703. The first-order valence-corrected chi connectivity index (χ1v) is 3.63. The minimum Gasteiger partial charge on any atom is -0.504 e. The zero-order chi connectivity index (χ0) is 8.53. The maximum absolute atomic E-state index is 10.3. The molecule has 0 rings (SSSR count). The van der Waals surface area contributed by atoms with Gasteiger partial charge in [-0.1, -0.05) is 6.08 Å². The van der Waals surface area contributed by atoms with Crippen LogP contribution in [0.2, 0.25) is 0 Å². The van der Waals surface area contributed by atoms with Gasteiger partial charge in [0.1, 0.15) is 6.29 Å². The number of hydrogen-bond acceptors (Lipinski definition) is 2. The van der Waals surface area contributed by atoms with Crippen molar-refractivity contribution in [2.24, 2.45) is 0 Å². The summed E-state index contributed by atoms with van der Waals surface area (Å²) in [5.41, 5.74) is 0.703. The van der Waals surface area contributed by atoms with Crippen LogP contribution in [0.4, 0.5) is 0 Å². The third kappa shape index (κ3) is 5.40. The SMILES string of the molecule is C=CCCC/C(C=O)=C\OC. The third-order valence-corrected chi connectivity index (χ3v) is 1.29. The van der Waals surface area contributed by atoms with Gasteiger partial charge in [0.2, 0.25) is 0 Å². The normalized spacial score (nSPS) is 10.8. The van der Waals surface area contributed by atoms with Gasteiger partial charge in [-0.25, -0.2) is 0 Å². The number of carbonyl (C=O) groups is 1. The molecular formula is C9H14O2. The number of aldehydes is 1. The summed E-state index contributed by atoms with van der Waals surface area (Å²) >= 11 is 0. The van der Waals surface area contributed by atoms with Crippen molar-refractivity contribution in [1.82, 2.24) is 0 Å². The standard InChI is InChI=1S/C9H14O2/c1-3-4-5-6-9(7-10)8-11-2/h3,7-8H,1,4-6H2,2H3/b9-8+. The van der Waals surface area contributed by atoms with Crippen LogP contribution < -0.4 is 0 Å². The topological polar surface area (TPSA) is 26.3 Å². The van der Waals surface area contributed by atoms with Gasteiger partial charge in [-0.2, -0.15) is 0 Å². The van der Waals surface area contributed by atoms with Crippen LogP contribution in [0.1, 0.15) is 19.3 Å². The van der Waals surface area contributed by atoms with Crippen LogP contribution >= 0.6 is 0 Å².